The van der Waals surface area contributed by atoms with E-state index in [0.717, 1.165) is 26.2 Å². The molecule has 4 nitrogen and oxygen atoms in total. The van der Waals surface area contributed by atoms with E-state index < -0.39 is 0 Å². The van der Waals surface area contributed by atoms with E-state index in [1.807, 2.05) is 6.92 Å². The Balaban J connectivity index is 2.02. The van der Waals surface area contributed by atoms with E-state index in [-0.39, 0.29) is 5.92 Å². The molecule has 0 radical (unpaired) electrons. The van der Waals surface area contributed by atoms with Gasteiger partial charge in [0.15, 0.2) is 0 Å². The molecule has 2 rings (SSSR count). The molecule has 2 atom stereocenters. The normalized spacial score (nSPS) is 31.8. The van der Waals surface area contributed by atoms with Crippen molar-refractivity contribution < 1.29 is 4.79 Å². The lowest BCUT2D eigenvalue weighted by molar-refractivity contribution is -0.137. The summed E-state index contributed by atoms with van der Waals surface area (Å²) < 4.78 is 0. The predicted molar refractivity (Wildman–Crippen MR) is 73.5 cm³/mol. The van der Waals surface area contributed by atoms with Crippen LogP contribution in [0.1, 0.15) is 33.6 Å². The van der Waals surface area contributed by atoms with Crippen molar-refractivity contribution in [3.05, 3.63) is 0 Å². The SMILES string of the molecule is CC1CNCCN(C2CCCN(C(C)C)C2)C1=O. The van der Waals surface area contributed by atoms with Gasteiger partial charge in [-0.3, -0.25) is 9.69 Å². The van der Waals surface area contributed by atoms with E-state index in [0.29, 0.717) is 18.0 Å². The highest BCUT2D eigenvalue weighted by Gasteiger charge is 2.32. The van der Waals surface area contributed by atoms with Gasteiger partial charge in [0.05, 0.1) is 0 Å². The van der Waals surface area contributed by atoms with Gasteiger partial charge >= 0.3 is 0 Å². The number of nitrogens with one attached hydrogen (secondary N) is 1. The molecule has 0 aromatic rings. The summed E-state index contributed by atoms with van der Waals surface area (Å²) in [5.41, 5.74) is 0. The largest absolute Gasteiger partial charge is 0.337 e. The molecule has 0 aliphatic carbocycles. The molecule has 2 fully saturated rings. The minimum absolute atomic E-state index is 0.127. The van der Waals surface area contributed by atoms with Gasteiger partial charge in [-0.15, -0.1) is 0 Å². The zero-order valence-corrected chi connectivity index (χ0v) is 12.0. The van der Waals surface area contributed by atoms with Crippen LogP contribution >= 0.6 is 0 Å². The van der Waals surface area contributed by atoms with Crippen LogP contribution < -0.4 is 5.32 Å². The van der Waals surface area contributed by atoms with Gasteiger partial charge < -0.3 is 10.2 Å². The molecule has 0 bridgehead atoms. The number of carbonyl (C=O) groups excluding carboxylic acids is 1. The second kappa shape index (κ2) is 6.02. The highest BCUT2D eigenvalue weighted by molar-refractivity contribution is 5.79. The van der Waals surface area contributed by atoms with Crippen molar-refractivity contribution in [1.29, 1.82) is 0 Å². The lowest BCUT2D eigenvalue weighted by Crippen LogP contribution is -2.53. The van der Waals surface area contributed by atoms with Crippen LogP contribution in [0.2, 0.25) is 0 Å². The number of hydrogen-bond donors (Lipinski definition) is 1. The summed E-state index contributed by atoms with van der Waals surface area (Å²) in [4.78, 5) is 17.0. The summed E-state index contributed by atoms with van der Waals surface area (Å²) in [6, 6.07) is 1.02. The average Bonchev–Trinajstić information content (AvgIpc) is 2.53. The number of amides is 1. The van der Waals surface area contributed by atoms with Crippen LogP contribution in [0.15, 0.2) is 0 Å². The van der Waals surface area contributed by atoms with Crippen molar-refractivity contribution in [1.82, 2.24) is 15.1 Å². The van der Waals surface area contributed by atoms with E-state index in [4.69, 9.17) is 0 Å². The first kappa shape index (κ1) is 13.8. The molecule has 104 valence electrons. The molecule has 0 aromatic carbocycles. The Morgan fingerprint density at radius 2 is 2.11 bits per heavy atom. The molecule has 0 saturated carbocycles. The van der Waals surface area contributed by atoms with Crippen molar-refractivity contribution in [3.8, 4) is 0 Å². The van der Waals surface area contributed by atoms with E-state index >= 15 is 0 Å². The van der Waals surface area contributed by atoms with E-state index in [2.05, 4.69) is 29.0 Å². The Labute approximate surface area is 111 Å². The predicted octanol–water partition coefficient (Wildman–Crippen LogP) is 0.927. The zero-order valence-electron chi connectivity index (χ0n) is 12.0. The summed E-state index contributed by atoms with van der Waals surface area (Å²) in [6.45, 7) is 11.4. The second-order valence-corrected chi connectivity index (χ2v) is 6.02. The molecular formula is C14H27N3O. The third-order valence-electron chi connectivity index (χ3n) is 4.28. The fourth-order valence-corrected chi connectivity index (χ4v) is 3.07. The topological polar surface area (TPSA) is 35.6 Å². The van der Waals surface area contributed by atoms with Crippen molar-refractivity contribution in [3.63, 3.8) is 0 Å². The van der Waals surface area contributed by atoms with Gasteiger partial charge in [0.2, 0.25) is 5.91 Å². The van der Waals surface area contributed by atoms with Gasteiger partial charge in [-0.2, -0.15) is 0 Å². The molecule has 2 aliphatic rings. The maximum absolute atomic E-state index is 12.4. The molecular weight excluding hydrogens is 226 g/mol. The first-order valence-electron chi connectivity index (χ1n) is 7.35. The summed E-state index contributed by atoms with van der Waals surface area (Å²) in [6.07, 6.45) is 2.39. The monoisotopic (exact) mass is 253 g/mol. The highest BCUT2D eigenvalue weighted by Crippen LogP contribution is 2.20. The van der Waals surface area contributed by atoms with Crippen LogP contribution in [0.4, 0.5) is 0 Å². The molecule has 2 aliphatic heterocycles. The molecule has 0 aromatic heterocycles. The van der Waals surface area contributed by atoms with Gasteiger partial charge in [0.25, 0.3) is 0 Å². The van der Waals surface area contributed by atoms with Crippen molar-refractivity contribution >= 4 is 5.91 Å². The third kappa shape index (κ3) is 3.04. The van der Waals surface area contributed by atoms with Crippen LogP contribution in [0.25, 0.3) is 0 Å². The molecule has 2 unspecified atom stereocenters. The first-order valence-corrected chi connectivity index (χ1v) is 7.35. The zero-order chi connectivity index (χ0) is 13.1. The molecule has 2 saturated heterocycles. The average molecular weight is 253 g/mol. The van der Waals surface area contributed by atoms with Crippen LogP contribution in [-0.4, -0.2) is 60.5 Å². The summed E-state index contributed by atoms with van der Waals surface area (Å²) in [5.74, 6) is 0.470. The minimum atomic E-state index is 0.127. The lowest BCUT2D eigenvalue weighted by atomic mass is 10.0. The van der Waals surface area contributed by atoms with Crippen LogP contribution in [0.3, 0.4) is 0 Å². The molecule has 4 heteroatoms. The van der Waals surface area contributed by atoms with Crippen LogP contribution in [-0.2, 0) is 4.79 Å². The lowest BCUT2D eigenvalue weighted by Gasteiger charge is -2.41. The third-order valence-corrected chi connectivity index (χ3v) is 4.28. The molecule has 2 heterocycles. The van der Waals surface area contributed by atoms with Crippen molar-refractivity contribution in [2.45, 2.75) is 45.7 Å². The van der Waals surface area contributed by atoms with Crippen LogP contribution in [0.5, 0.6) is 0 Å². The number of rotatable bonds is 2. The van der Waals surface area contributed by atoms with Crippen molar-refractivity contribution in [2.24, 2.45) is 5.92 Å². The molecule has 18 heavy (non-hydrogen) atoms. The molecule has 0 spiro atoms. The van der Waals surface area contributed by atoms with Gasteiger partial charge in [-0.05, 0) is 33.2 Å². The van der Waals surface area contributed by atoms with Gasteiger partial charge in [0.1, 0.15) is 0 Å². The number of carbonyl (C=O) groups is 1. The first-order chi connectivity index (χ1) is 8.59. The second-order valence-electron chi connectivity index (χ2n) is 6.02. The maximum atomic E-state index is 12.4. The Kier molecular flexibility index (Phi) is 4.62. The minimum Gasteiger partial charge on any atom is -0.337 e. The van der Waals surface area contributed by atoms with Gasteiger partial charge in [-0.25, -0.2) is 0 Å². The molecule has 1 amide bonds. The maximum Gasteiger partial charge on any atom is 0.227 e. The Morgan fingerprint density at radius 1 is 1.33 bits per heavy atom. The van der Waals surface area contributed by atoms with Gasteiger partial charge in [-0.1, -0.05) is 6.92 Å². The van der Waals surface area contributed by atoms with Crippen LogP contribution in [0, 0.1) is 5.92 Å². The number of nitrogens with zero attached hydrogens (tertiary/aromatic N) is 2. The fraction of sp³-hybridized carbons (Fsp3) is 0.929. The number of likely N-dealkylation sites (tertiary alicyclic amines) is 1. The Hall–Kier alpha value is -0.610. The number of piperidine rings is 1. The summed E-state index contributed by atoms with van der Waals surface area (Å²) >= 11 is 0. The van der Waals surface area contributed by atoms with E-state index in [1.165, 1.54) is 19.4 Å². The Morgan fingerprint density at radius 3 is 2.83 bits per heavy atom. The summed E-state index contributed by atoms with van der Waals surface area (Å²) in [5, 5.41) is 3.35. The van der Waals surface area contributed by atoms with Gasteiger partial charge in [0, 0.05) is 44.2 Å². The summed E-state index contributed by atoms with van der Waals surface area (Å²) in [7, 11) is 0. The smallest absolute Gasteiger partial charge is 0.227 e. The van der Waals surface area contributed by atoms with Crippen molar-refractivity contribution in [2.75, 3.05) is 32.7 Å². The molecule has 1 N–H and O–H groups in total. The quantitative estimate of drug-likeness (QED) is 0.795. The van der Waals surface area contributed by atoms with E-state index in [9.17, 15) is 4.79 Å². The fourth-order valence-electron chi connectivity index (χ4n) is 3.07. The van der Waals surface area contributed by atoms with E-state index in [1.54, 1.807) is 0 Å². The number of hydrogen-bond acceptors (Lipinski definition) is 3. The highest BCUT2D eigenvalue weighted by atomic mass is 16.2. The Bertz CT molecular complexity index is 293. The standard InChI is InChI=1S/C14H27N3O/c1-11(2)16-7-4-5-13(10-16)17-8-6-15-9-12(3)14(17)18/h11-13,15H,4-10H2,1-3H3.